The first-order valence-corrected chi connectivity index (χ1v) is 6.98. The van der Waals surface area contributed by atoms with Gasteiger partial charge >= 0.3 is 0 Å². The minimum Gasteiger partial charge on any atom is -0.341 e. The van der Waals surface area contributed by atoms with Crippen molar-refractivity contribution in [2.24, 2.45) is 0 Å². The average molecular weight is 331 g/mol. The Morgan fingerprint density at radius 2 is 1.83 bits per heavy atom. The van der Waals surface area contributed by atoms with Crippen LogP contribution in [-0.2, 0) is 4.79 Å². The van der Waals surface area contributed by atoms with E-state index in [2.05, 4.69) is 10.6 Å². The van der Waals surface area contributed by atoms with Gasteiger partial charge in [-0.1, -0.05) is 6.07 Å². The number of benzene rings is 2. The molecule has 0 spiro atoms. The van der Waals surface area contributed by atoms with Crippen molar-refractivity contribution in [3.05, 3.63) is 70.0 Å². The highest BCUT2D eigenvalue weighted by Gasteiger charge is 2.18. The third-order valence-corrected chi connectivity index (χ3v) is 3.17. The Kier molecular flexibility index (Phi) is 5.20. The second-order valence-corrected chi connectivity index (χ2v) is 5.00. The minimum atomic E-state index is -0.887. The molecular formula is C16H14FN3O4. The van der Waals surface area contributed by atoms with Gasteiger partial charge in [-0.15, -0.1) is 0 Å². The summed E-state index contributed by atoms with van der Waals surface area (Å²) in [6.07, 6.45) is 0. The molecule has 0 aromatic heterocycles. The Balaban J connectivity index is 2.00. The van der Waals surface area contributed by atoms with Crippen LogP contribution in [0.3, 0.4) is 0 Å². The fourth-order valence-electron chi connectivity index (χ4n) is 1.89. The van der Waals surface area contributed by atoms with E-state index in [0.29, 0.717) is 5.69 Å². The van der Waals surface area contributed by atoms with E-state index in [1.54, 1.807) is 0 Å². The van der Waals surface area contributed by atoms with Crippen LogP contribution in [0.4, 0.5) is 15.8 Å². The minimum absolute atomic E-state index is 0.0747. The van der Waals surface area contributed by atoms with Crippen LogP contribution >= 0.6 is 0 Å². The number of halogens is 1. The number of nitro benzene ring substituents is 1. The van der Waals surface area contributed by atoms with Gasteiger partial charge in [0.2, 0.25) is 5.91 Å². The smallest absolute Gasteiger partial charge is 0.270 e. The van der Waals surface area contributed by atoms with Crippen LogP contribution in [-0.4, -0.2) is 22.8 Å². The first-order valence-electron chi connectivity index (χ1n) is 6.98. The molecule has 0 bridgehead atoms. The van der Waals surface area contributed by atoms with Crippen molar-refractivity contribution in [2.75, 3.05) is 5.32 Å². The van der Waals surface area contributed by atoms with E-state index in [0.717, 1.165) is 6.07 Å². The number of non-ortho nitro benzene ring substituents is 1. The number of amides is 2. The van der Waals surface area contributed by atoms with E-state index in [1.807, 2.05) is 0 Å². The number of carbonyl (C=O) groups excluding carboxylic acids is 2. The number of hydrogen-bond acceptors (Lipinski definition) is 4. The first kappa shape index (κ1) is 17.1. The largest absolute Gasteiger partial charge is 0.341 e. The molecule has 0 heterocycles. The van der Waals surface area contributed by atoms with Crippen molar-refractivity contribution in [1.82, 2.24) is 5.32 Å². The molecule has 2 aromatic rings. The van der Waals surface area contributed by atoms with Gasteiger partial charge in [-0.25, -0.2) is 4.39 Å². The number of nitro groups is 1. The van der Waals surface area contributed by atoms with Crippen LogP contribution in [0.25, 0.3) is 0 Å². The maximum absolute atomic E-state index is 12.8. The lowest BCUT2D eigenvalue weighted by Gasteiger charge is -2.14. The number of anilines is 1. The molecule has 2 rings (SSSR count). The highest BCUT2D eigenvalue weighted by molar-refractivity contribution is 6.01. The Morgan fingerprint density at radius 1 is 1.17 bits per heavy atom. The number of hydrogen-bond donors (Lipinski definition) is 2. The van der Waals surface area contributed by atoms with E-state index in [4.69, 9.17) is 0 Å². The van der Waals surface area contributed by atoms with Gasteiger partial charge in [-0.05, 0) is 37.3 Å². The Bertz CT molecular complexity index is 777. The lowest BCUT2D eigenvalue weighted by atomic mass is 10.1. The number of nitrogens with one attached hydrogen (secondary N) is 2. The molecule has 8 heteroatoms. The molecule has 0 radical (unpaired) electrons. The van der Waals surface area contributed by atoms with Crippen molar-refractivity contribution >= 4 is 23.2 Å². The molecule has 2 aromatic carbocycles. The molecule has 0 aliphatic heterocycles. The van der Waals surface area contributed by atoms with E-state index in [9.17, 15) is 24.1 Å². The summed E-state index contributed by atoms with van der Waals surface area (Å²) < 4.78 is 12.8. The van der Waals surface area contributed by atoms with Crippen LogP contribution in [0, 0.1) is 15.9 Å². The maximum atomic E-state index is 12.8. The zero-order chi connectivity index (χ0) is 17.7. The average Bonchev–Trinajstić information content (AvgIpc) is 2.56. The van der Waals surface area contributed by atoms with Crippen LogP contribution in [0.2, 0.25) is 0 Å². The maximum Gasteiger partial charge on any atom is 0.270 e. The van der Waals surface area contributed by atoms with Crippen molar-refractivity contribution in [1.29, 1.82) is 0 Å². The molecule has 0 saturated carbocycles. The van der Waals surface area contributed by atoms with Gasteiger partial charge in [0.25, 0.3) is 11.6 Å². The van der Waals surface area contributed by atoms with Crippen LogP contribution in [0.1, 0.15) is 17.3 Å². The zero-order valence-corrected chi connectivity index (χ0v) is 12.7. The van der Waals surface area contributed by atoms with Gasteiger partial charge in [-0.2, -0.15) is 0 Å². The molecule has 1 unspecified atom stereocenters. The standard InChI is InChI=1S/C16H14FN3O4/c1-10(15(21)19-13-7-5-12(17)6-8-13)18-16(22)11-3-2-4-14(9-11)20(23)24/h2-10H,1H3,(H,18,22)(H,19,21). The summed E-state index contributed by atoms with van der Waals surface area (Å²) in [6, 6.07) is 9.47. The van der Waals surface area contributed by atoms with E-state index in [1.165, 1.54) is 49.4 Å². The Labute approximate surface area is 136 Å². The zero-order valence-electron chi connectivity index (χ0n) is 12.7. The molecule has 2 amide bonds. The lowest BCUT2D eigenvalue weighted by molar-refractivity contribution is -0.384. The molecule has 124 valence electrons. The van der Waals surface area contributed by atoms with Gasteiger partial charge in [0.15, 0.2) is 0 Å². The third-order valence-electron chi connectivity index (χ3n) is 3.17. The summed E-state index contributed by atoms with van der Waals surface area (Å²) in [7, 11) is 0. The van der Waals surface area contributed by atoms with Crippen molar-refractivity contribution in [3.63, 3.8) is 0 Å². The predicted octanol–water partition coefficient (Wildman–Crippen LogP) is 2.49. The van der Waals surface area contributed by atoms with Crippen LogP contribution < -0.4 is 10.6 Å². The van der Waals surface area contributed by atoms with Crippen LogP contribution in [0.15, 0.2) is 48.5 Å². The van der Waals surface area contributed by atoms with Gasteiger partial charge < -0.3 is 10.6 Å². The normalized spacial score (nSPS) is 11.4. The number of rotatable bonds is 5. The van der Waals surface area contributed by atoms with Crippen molar-refractivity contribution < 1.29 is 18.9 Å². The van der Waals surface area contributed by atoms with Gasteiger partial charge in [0, 0.05) is 23.4 Å². The van der Waals surface area contributed by atoms with E-state index < -0.39 is 28.6 Å². The summed E-state index contributed by atoms with van der Waals surface area (Å²) in [6.45, 7) is 1.47. The third kappa shape index (κ3) is 4.35. The fourth-order valence-corrected chi connectivity index (χ4v) is 1.89. The van der Waals surface area contributed by atoms with Crippen molar-refractivity contribution in [2.45, 2.75) is 13.0 Å². The van der Waals surface area contributed by atoms with Crippen LogP contribution in [0.5, 0.6) is 0 Å². The molecule has 0 saturated heterocycles. The summed E-state index contributed by atoms with van der Waals surface area (Å²) in [5, 5.41) is 15.7. The second kappa shape index (κ2) is 7.32. The number of nitrogens with zero attached hydrogens (tertiary/aromatic N) is 1. The highest BCUT2D eigenvalue weighted by atomic mass is 19.1. The quantitative estimate of drug-likeness (QED) is 0.649. The number of carbonyl (C=O) groups is 2. The van der Waals surface area contributed by atoms with Gasteiger partial charge in [-0.3, -0.25) is 19.7 Å². The highest BCUT2D eigenvalue weighted by Crippen LogP contribution is 2.13. The predicted molar refractivity (Wildman–Crippen MR) is 85.1 cm³/mol. The fraction of sp³-hybridized carbons (Fsp3) is 0.125. The Hall–Kier alpha value is -3.29. The van der Waals surface area contributed by atoms with Crippen molar-refractivity contribution in [3.8, 4) is 0 Å². The monoisotopic (exact) mass is 331 g/mol. The molecule has 0 aliphatic rings. The second-order valence-electron chi connectivity index (χ2n) is 5.00. The lowest BCUT2D eigenvalue weighted by Crippen LogP contribution is -2.41. The van der Waals surface area contributed by atoms with Gasteiger partial charge in [0.1, 0.15) is 11.9 Å². The molecule has 0 aliphatic carbocycles. The SMILES string of the molecule is CC(NC(=O)c1cccc([N+](=O)[O-])c1)C(=O)Nc1ccc(F)cc1. The summed E-state index contributed by atoms with van der Waals surface area (Å²) in [4.78, 5) is 34.2. The summed E-state index contributed by atoms with van der Waals surface area (Å²) >= 11 is 0. The first-order chi connectivity index (χ1) is 11.4. The molecule has 1 atom stereocenters. The molecular weight excluding hydrogens is 317 g/mol. The molecule has 0 fully saturated rings. The molecule has 2 N–H and O–H groups in total. The Morgan fingerprint density at radius 3 is 2.46 bits per heavy atom. The van der Waals surface area contributed by atoms with Gasteiger partial charge in [0.05, 0.1) is 4.92 Å². The summed E-state index contributed by atoms with van der Waals surface area (Å²) in [5.41, 5.74) is 0.245. The molecule has 24 heavy (non-hydrogen) atoms. The summed E-state index contributed by atoms with van der Waals surface area (Å²) in [5.74, 6) is -1.54. The van der Waals surface area contributed by atoms with E-state index >= 15 is 0 Å². The molecule has 7 nitrogen and oxygen atoms in total. The van der Waals surface area contributed by atoms with E-state index in [-0.39, 0.29) is 11.3 Å². The topological polar surface area (TPSA) is 101 Å².